The van der Waals surface area contributed by atoms with Gasteiger partial charge >= 0.3 is 6.18 Å². The maximum atomic E-state index is 13.0. The van der Waals surface area contributed by atoms with Gasteiger partial charge < -0.3 is 9.30 Å². The van der Waals surface area contributed by atoms with Crippen LogP contribution in [0.4, 0.5) is 13.2 Å². The molecule has 0 aliphatic carbocycles. The highest BCUT2D eigenvalue weighted by Crippen LogP contribution is 2.35. The van der Waals surface area contributed by atoms with E-state index in [1.807, 2.05) is 0 Å². The first-order valence-corrected chi connectivity index (χ1v) is 10.2. The monoisotopic (exact) mass is 418 g/mol. The summed E-state index contributed by atoms with van der Waals surface area (Å²) < 4.78 is 73.0. The fourth-order valence-electron chi connectivity index (χ4n) is 3.08. The molecule has 2 aromatic heterocycles. The molecule has 2 aromatic rings. The molecular formula is C17H21F3N4O3S. The first kappa shape index (κ1) is 20.6. The Hall–Kier alpha value is -2.14. The Kier molecular flexibility index (Phi) is 5.67. The van der Waals surface area contributed by atoms with Crippen molar-refractivity contribution in [2.24, 2.45) is 13.0 Å². The standard InChI is InChI=1S/C17H21F3N4O3S/c1-12-22-15(10-23(12)2)28(25,26)24-8-4-5-13(9-24)11-27-16-14(17(18,19)20)6-3-7-21-16/h3,6-7,10,13H,4-5,8-9,11H2,1-2H3. The van der Waals surface area contributed by atoms with Crippen molar-refractivity contribution < 1.29 is 26.3 Å². The number of sulfonamides is 1. The molecule has 0 spiro atoms. The van der Waals surface area contributed by atoms with Crippen LogP contribution in [0.1, 0.15) is 24.2 Å². The molecule has 1 saturated heterocycles. The van der Waals surface area contributed by atoms with Crippen LogP contribution in [0.5, 0.6) is 5.88 Å². The van der Waals surface area contributed by atoms with E-state index in [1.54, 1.807) is 18.5 Å². The lowest BCUT2D eigenvalue weighted by Gasteiger charge is -2.31. The first-order chi connectivity index (χ1) is 13.1. The molecule has 7 nitrogen and oxygen atoms in total. The number of hydrogen-bond donors (Lipinski definition) is 0. The number of piperidine rings is 1. The van der Waals surface area contributed by atoms with E-state index in [-0.39, 0.29) is 24.1 Å². The highest BCUT2D eigenvalue weighted by Gasteiger charge is 2.36. The molecule has 0 saturated carbocycles. The number of nitrogens with zero attached hydrogens (tertiary/aromatic N) is 4. The van der Waals surface area contributed by atoms with E-state index in [4.69, 9.17) is 4.74 Å². The quantitative estimate of drug-likeness (QED) is 0.746. The predicted molar refractivity (Wildman–Crippen MR) is 94.2 cm³/mol. The van der Waals surface area contributed by atoms with Crippen LogP contribution in [0.25, 0.3) is 0 Å². The van der Waals surface area contributed by atoms with E-state index >= 15 is 0 Å². The maximum Gasteiger partial charge on any atom is 0.421 e. The molecule has 0 amide bonds. The van der Waals surface area contributed by atoms with Crippen LogP contribution in [0, 0.1) is 12.8 Å². The van der Waals surface area contributed by atoms with Gasteiger partial charge in [0.15, 0.2) is 5.03 Å². The molecule has 3 heterocycles. The fourth-order valence-corrected chi connectivity index (χ4v) is 4.66. The fraction of sp³-hybridized carbons (Fsp3) is 0.529. The van der Waals surface area contributed by atoms with Gasteiger partial charge in [-0.25, -0.2) is 18.4 Å². The van der Waals surface area contributed by atoms with Gasteiger partial charge in [0.05, 0.1) is 6.61 Å². The molecule has 1 aliphatic heterocycles. The summed E-state index contributed by atoms with van der Waals surface area (Å²) in [5.74, 6) is -0.156. The summed E-state index contributed by atoms with van der Waals surface area (Å²) in [6, 6.07) is 2.10. The topological polar surface area (TPSA) is 77.3 Å². The van der Waals surface area contributed by atoms with Crippen molar-refractivity contribution >= 4 is 10.0 Å². The third-order valence-corrected chi connectivity index (χ3v) is 6.44. The van der Waals surface area contributed by atoms with E-state index in [9.17, 15) is 21.6 Å². The van der Waals surface area contributed by atoms with E-state index in [0.717, 1.165) is 6.07 Å². The van der Waals surface area contributed by atoms with Crippen molar-refractivity contribution in [3.05, 3.63) is 35.9 Å². The van der Waals surface area contributed by atoms with Crippen molar-refractivity contribution in [2.75, 3.05) is 19.7 Å². The number of ether oxygens (including phenoxy) is 1. The van der Waals surface area contributed by atoms with Crippen molar-refractivity contribution in [1.29, 1.82) is 0 Å². The first-order valence-electron chi connectivity index (χ1n) is 8.74. The Morgan fingerprint density at radius 1 is 1.36 bits per heavy atom. The molecule has 28 heavy (non-hydrogen) atoms. The van der Waals surface area contributed by atoms with Crippen LogP contribution in [-0.4, -0.2) is 47.0 Å². The minimum absolute atomic E-state index is 0.0295. The molecule has 1 aliphatic rings. The third-order valence-electron chi connectivity index (χ3n) is 4.70. The summed E-state index contributed by atoms with van der Waals surface area (Å²) in [6.45, 7) is 2.16. The number of imidazole rings is 1. The molecule has 0 radical (unpaired) electrons. The second kappa shape index (κ2) is 7.70. The van der Waals surface area contributed by atoms with Gasteiger partial charge in [-0.3, -0.25) is 0 Å². The average Bonchev–Trinajstić information content (AvgIpc) is 2.99. The molecule has 11 heteroatoms. The third kappa shape index (κ3) is 4.30. The normalized spacial score (nSPS) is 19.0. The lowest BCUT2D eigenvalue weighted by Crippen LogP contribution is -2.41. The predicted octanol–water partition coefficient (Wildman–Crippen LogP) is 2.62. The van der Waals surface area contributed by atoms with Crippen LogP contribution in [0.2, 0.25) is 0 Å². The maximum absolute atomic E-state index is 13.0. The highest BCUT2D eigenvalue weighted by molar-refractivity contribution is 7.89. The average molecular weight is 418 g/mol. The minimum atomic E-state index is -4.57. The van der Waals surface area contributed by atoms with Crippen molar-refractivity contribution in [3.63, 3.8) is 0 Å². The number of aryl methyl sites for hydroxylation is 2. The summed E-state index contributed by atoms with van der Waals surface area (Å²) in [5, 5.41) is -0.0295. The number of alkyl halides is 3. The van der Waals surface area contributed by atoms with Gasteiger partial charge in [-0.15, -0.1) is 0 Å². The van der Waals surface area contributed by atoms with Gasteiger partial charge in [0, 0.05) is 38.4 Å². The Bertz CT molecular complexity index is 924. The SMILES string of the molecule is Cc1nc(S(=O)(=O)N2CCCC(COc3ncccc3C(F)(F)F)C2)cn1C. The molecule has 1 unspecified atom stereocenters. The minimum Gasteiger partial charge on any atom is -0.477 e. The Morgan fingerprint density at radius 3 is 2.75 bits per heavy atom. The van der Waals surface area contributed by atoms with Crippen molar-refractivity contribution in [1.82, 2.24) is 18.8 Å². The Labute approximate surface area is 161 Å². The van der Waals surface area contributed by atoms with Gasteiger partial charge in [-0.05, 0) is 31.9 Å². The largest absolute Gasteiger partial charge is 0.477 e. The van der Waals surface area contributed by atoms with Gasteiger partial charge in [0.1, 0.15) is 11.4 Å². The van der Waals surface area contributed by atoms with Gasteiger partial charge in [0.25, 0.3) is 10.0 Å². The van der Waals surface area contributed by atoms with E-state index in [0.29, 0.717) is 25.2 Å². The van der Waals surface area contributed by atoms with E-state index in [1.165, 1.54) is 22.8 Å². The molecular weight excluding hydrogens is 397 g/mol. The lowest BCUT2D eigenvalue weighted by molar-refractivity contribution is -0.139. The van der Waals surface area contributed by atoms with E-state index < -0.39 is 27.6 Å². The van der Waals surface area contributed by atoms with Crippen LogP contribution < -0.4 is 4.74 Å². The molecule has 0 aromatic carbocycles. The second-order valence-corrected chi connectivity index (χ2v) is 8.66. The molecule has 3 rings (SSSR count). The molecule has 154 valence electrons. The van der Waals surface area contributed by atoms with Crippen molar-refractivity contribution in [3.8, 4) is 5.88 Å². The van der Waals surface area contributed by atoms with Gasteiger partial charge in [-0.1, -0.05) is 0 Å². The second-order valence-electron chi connectivity index (χ2n) is 6.77. The number of pyridine rings is 1. The zero-order valence-corrected chi connectivity index (χ0v) is 16.3. The number of aromatic nitrogens is 3. The summed E-state index contributed by atoms with van der Waals surface area (Å²) in [7, 11) is -2.05. The molecule has 1 fully saturated rings. The highest BCUT2D eigenvalue weighted by atomic mass is 32.2. The molecule has 0 bridgehead atoms. The number of hydrogen-bond acceptors (Lipinski definition) is 5. The zero-order chi connectivity index (χ0) is 20.5. The smallest absolute Gasteiger partial charge is 0.421 e. The summed E-state index contributed by atoms with van der Waals surface area (Å²) in [6.07, 6.45) is -0.642. The van der Waals surface area contributed by atoms with Crippen LogP contribution in [0.3, 0.4) is 0 Å². The molecule has 1 atom stereocenters. The zero-order valence-electron chi connectivity index (χ0n) is 15.5. The molecule has 0 N–H and O–H groups in total. The Morgan fingerprint density at radius 2 is 2.11 bits per heavy atom. The summed E-state index contributed by atoms with van der Waals surface area (Å²) in [4.78, 5) is 7.75. The van der Waals surface area contributed by atoms with Crippen LogP contribution in [-0.2, 0) is 23.2 Å². The van der Waals surface area contributed by atoms with Crippen LogP contribution in [0.15, 0.2) is 29.6 Å². The lowest BCUT2D eigenvalue weighted by atomic mass is 10.0. The van der Waals surface area contributed by atoms with Crippen molar-refractivity contribution in [2.45, 2.75) is 31.0 Å². The van der Waals surface area contributed by atoms with Gasteiger partial charge in [0.2, 0.25) is 5.88 Å². The van der Waals surface area contributed by atoms with Crippen LogP contribution >= 0.6 is 0 Å². The summed E-state index contributed by atoms with van der Waals surface area (Å²) in [5.41, 5.74) is -0.945. The van der Waals surface area contributed by atoms with E-state index in [2.05, 4.69) is 9.97 Å². The number of rotatable bonds is 5. The Balaban J connectivity index is 1.69. The van der Waals surface area contributed by atoms with Gasteiger partial charge in [-0.2, -0.15) is 17.5 Å². The summed E-state index contributed by atoms with van der Waals surface area (Å²) >= 11 is 0. The number of halogens is 3.